The molecule has 1 aromatic carbocycles. The summed E-state index contributed by atoms with van der Waals surface area (Å²) in [5.41, 5.74) is 0.568. The first kappa shape index (κ1) is 12.5. The van der Waals surface area contributed by atoms with Gasteiger partial charge >= 0.3 is 0 Å². The van der Waals surface area contributed by atoms with E-state index in [-0.39, 0.29) is 16.4 Å². The molecule has 1 saturated heterocycles. The minimum Gasteiger partial charge on any atom is -0.494 e. The molecule has 1 unspecified atom stereocenters. The SMILES string of the molecule is N#Cc1ccc(OCCC2SC(=O)NC2=O)cc1. The summed E-state index contributed by atoms with van der Waals surface area (Å²) >= 11 is 0.992. The van der Waals surface area contributed by atoms with Crippen LogP contribution in [-0.4, -0.2) is 23.0 Å². The second-order valence-corrected chi connectivity index (χ2v) is 4.83. The summed E-state index contributed by atoms with van der Waals surface area (Å²) in [5.74, 6) is 0.386. The number of hydrogen-bond donors (Lipinski definition) is 1. The number of amides is 2. The van der Waals surface area contributed by atoms with E-state index in [1.54, 1.807) is 24.3 Å². The zero-order valence-corrected chi connectivity index (χ0v) is 10.2. The molecule has 1 N–H and O–H groups in total. The van der Waals surface area contributed by atoms with Crippen molar-refractivity contribution in [1.29, 1.82) is 5.26 Å². The van der Waals surface area contributed by atoms with Crippen LogP contribution in [-0.2, 0) is 4.79 Å². The molecule has 0 aliphatic carbocycles. The number of ether oxygens (including phenoxy) is 1. The molecular formula is C12H10N2O3S. The van der Waals surface area contributed by atoms with Gasteiger partial charge in [0.25, 0.3) is 5.24 Å². The van der Waals surface area contributed by atoms with Crippen molar-refractivity contribution < 1.29 is 14.3 Å². The lowest BCUT2D eigenvalue weighted by molar-refractivity contribution is -0.119. The van der Waals surface area contributed by atoms with E-state index in [1.165, 1.54) is 0 Å². The molecule has 1 heterocycles. The Morgan fingerprint density at radius 2 is 2.06 bits per heavy atom. The van der Waals surface area contributed by atoms with Crippen LogP contribution in [0.15, 0.2) is 24.3 Å². The Kier molecular flexibility index (Phi) is 3.85. The molecule has 92 valence electrons. The van der Waals surface area contributed by atoms with E-state index in [0.717, 1.165) is 11.8 Å². The second-order valence-electron chi connectivity index (χ2n) is 3.66. The molecule has 18 heavy (non-hydrogen) atoms. The normalized spacial score (nSPS) is 18.3. The van der Waals surface area contributed by atoms with Gasteiger partial charge in [-0.3, -0.25) is 14.9 Å². The summed E-state index contributed by atoms with van der Waals surface area (Å²) in [7, 11) is 0. The third-order valence-electron chi connectivity index (χ3n) is 2.40. The van der Waals surface area contributed by atoms with Crippen molar-refractivity contribution in [3.63, 3.8) is 0 Å². The van der Waals surface area contributed by atoms with Crippen LogP contribution in [0.2, 0.25) is 0 Å². The zero-order chi connectivity index (χ0) is 13.0. The Bertz CT molecular complexity index is 507. The van der Waals surface area contributed by atoms with Gasteiger partial charge in [-0.25, -0.2) is 0 Å². The number of carbonyl (C=O) groups is 2. The van der Waals surface area contributed by atoms with Gasteiger partial charge in [0.05, 0.1) is 23.5 Å². The molecular weight excluding hydrogens is 252 g/mol. The maximum atomic E-state index is 11.3. The topological polar surface area (TPSA) is 79.2 Å². The van der Waals surface area contributed by atoms with E-state index in [4.69, 9.17) is 10.00 Å². The van der Waals surface area contributed by atoms with E-state index in [1.807, 2.05) is 6.07 Å². The van der Waals surface area contributed by atoms with E-state index >= 15 is 0 Å². The predicted octanol–water partition coefficient (Wildman–Crippen LogP) is 1.68. The zero-order valence-electron chi connectivity index (χ0n) is 9.38. The summed E-state index contributed by atoms with van der Waals surface area (Å²) in [6.07, 6.45) is 0.474. The van der Waals surface area contributed by atoms with Crippen LogP contribution in [0.1, 0.15) is 12.0 Å². The molecule has 6 heteroatoms. The van der Waals surface area contributed by atoms with Crippen molar-refractivity contribution in [3.8, 4) is 11.8 Å². The average Bonchev–Trinajstić information content (AvgIpc) is 2.69. The quantitative estimate of drug-likeness (QED) is 0.893. The monoisotopic (exact) mass is 262 g/mol. The van der Waals surface area contributed by atoms with Crippen LogP contribution < -0.4 is 10.1 Å². The van der Waals surface area contributed by atoms with Crippen LogP contribution >= 0.6 is 11.8 Å². The van der Waals surface area contributed by atoms with E-state index in [9.17, 15) is 9.59 Å². The second kappa shape index (κ2) is 5.56. The van der Waals surface area contributed by atoms with E-state index < -0.39 is 0 Å². The van der Waals surface area contributed by atoms with Crippen molar-refractivity contribution in [1.82, 2.24) is 5.32 Å². The van der Waals surface area contributed by atoms with E-state index in [0.29, 0.717) is 24.3 Å². The van der Waals surface area contributed by atoms with Gasteiger partial charge in [0.1, 0.15) is 5.75 Å². The first-order chi connectivity index (χ1) is 8.69. The number of nitrogens with one attached hydrogen (secondary N) is 1. The standard InChI is InChI=1S/C12H10N2O3S/c13-7-8-1-3-9(4-2-8)17-6-5-10-11(15)14-12(16)18-10/h1-4,10H,5-6H2,(H,14,15,16). The molecule has 2 rings (SSSR count). The molecule has 0 spiro atoms. The maximum Gasteiger partial charge on any atom is 0.286 e. The summed E-state index contributed by atoms with van der Waals surface area (Å²) in [5, 5.41) is 10.2. The fourth-order valence-corrected chi connectivity index (χ4v) is 2.29. The summed E-state index contributed by atoms with van der Waals surface area (Å²) in [4.78, 5) is 22.2. The first-order valence-electron chi connectivity index (χ1n) is 5.33. The largest absolute Gasteiger partial charge is 0.494 e. The molecule has 0 aromatic heterocycles. The van der Waals surface area contributed by atoms with Crippen molar-refractivity contribution in [3.05, 3.63) is 29.8 Å². The Balaban J connectivity index is 1.80. The number of nitriles is 1. The number of thioether (sulfide) groups is 1. The molecule has 2 amide bonds. The molecule has 0 radical (unpaired) electrons. The highest BCUT2D eigenvalue weighted by atomic mass is 32.2. The Hall–Kier alpha value is -2.00. The molecule has 0 bridgehead atoms. The highest BCUT2D eigenvalue weighted by Gasteiger charge is 2.31. The third-order valence-corrected chi connectivity index (χ3v) is 3.45. The summed E-state index contributed by atoms with van der Waals surface area (Å²) in [6.45, 7) is 0.351. The fraction of sp³-hybridized carbons (Fsp3) is 0.250. The number of hydrogen-bond acceptors (Lipinski definition) is 5. The molecule has 1 aromatic rings. The van der Waals surface area contributed by atoms with Gasteiger partial charge in [0.2, 0.25) is 5.91 Å². The van der Waals surface area contributed by atoms with Gasteiger partial charge in [0.15, 0.2) is 0 Å². The fourth-order valence-electron chi connectivity index (χ4n) is 1.49. The Labute approximate surface area is 108 Å². The highest BCUT2D eigenvalue weighted by Crippen LogP contribution is 2.22. The van der Waals surface area contributed by atoms with Crippen LogP contribution in [0, 0.1) is 11.3 Å². The molecule has 1 atom stereocenters. The van der Waals surface area contributed by atoms with E-state index in [2.05, 4.69) is 5.32 Å². The van der Waals surface area contributed by atoms with Gasteiger partial charge in [-0.15, -0.1) is 0 Å². The lowest BCUT2D eigenvalue weighted by Gasteiger charge is -2.07. The van der Waals surface area contributed by atoms with Crippen LogP contribution in [0.4, 0.5) is 4.79 Å². The predicted molar refractivity (Wildman–Crippen MR) is 66.2 cm³/mol. The van der Waals surface area contributed by atoms with Crippen LogP contribution in [0.5, 0.6) is 5.75 Å². The van der Waals surface area contributed by atoms with Crippen LogP contribution in [0.25, 0.3) is 0 Å². The van der Waals surface area contributed by atoms with Gasteiger partial charge in [-0.1, -0.05) is 11.8 Å². The van der Waals surface area contributed by atoms with Crippen LogP contribution in [0.3, 0.4) is 0 Å². The summed E-state index contributed by atoms with van der Waals surface area (Å²) in [6, 6.07) is 8.74. The number of nitrogens with zero attached hydrogens (tertiary/aromatic N) is 1. The Morgan fingerprint density at radius 3 is 2.61 bits per heavy atom. The number of imide groups is 1. The maximum absolute atomic E-state index is 11.3. The lowest BCUT2D eigenvalue weighted by atomic mass is 10.2. The smallest absolute Gasteiger partial charge is 0.286 e. The highest BCUT2D eigenvalue weighted by molar-refractivity contribution is 8.15. The number of rotatable bonds is 4. The van der Waals surface area contributed by atoms with Crippen molar-refractivity contribution >= 4 is 22.9 Å². The summed E-state index contributed by atoms with van der Waals surface area (Å²) < 4.78 is 5.44. The van der Waals surface area contributed by atoms with Gasteiger partial charge in [0, 0.05) is 6.42 Å². The molecule has 5 nitrogen and oxygen atoms in total. The molecule has 1 aliphatic rings. The van der Waals surface area contributed by atoms with Gasteiger partial charge in [-0.2, -0.15) is 5.26 Å². The van der Waals surface area contributed by atoms with Gasteiger partial charge in [-0.05, 0) is 24.3 Å². The molecule has 1 fully saturated rings. The third kappa shape index (κ3) is 3.02. The van der Waals surface area contributed by atoms with Crippen molar-refractivity contribution in [2.45, 2.75) is 11.7 Å². The molecule has 1 aliphatic heterocycles. The van der Waals surface area contributed by atoms with Gasteiger partial charge < -0.3 is 4.74 Å². The average molecular weight is 262 g/mol. The molecule has 0 saturated carbocycles. The number of carbonyl (C=O) groups excluding carboxylic acids is 2. The Morgan fingerprint density at radius 1 is 1.33 bits per heavy atom. The lowest BCUT2D eigenvalue weighted by Crippen LogP contribution is -2.25. The first-order valence-corrected chi connectivity index (χ1v) is 6.21. The van der Waals surface area contributed by atoms with Crippen molar-refractivity contribution in [2.24, 2.45) is 0 Å². The number of benzene rings is 1. The van der Waals surface area contributed by atoms with Crippen molar-refractivity contribution in [2.75, 3.05) is 6.61 Å². The minimum atomic E-state index is -0.365. The minimum absolute atomic E-state index is 0.256.